The van der Waals surface area contributed by atoms with Crippen LogP contribution in [0.15, 0.2) is 0 Å². The first-order valence-electron chi connectivity index (χ1n) is 7.43. The summed E-state index contributed by atoms with van der Waals surface area (Å²) >= 11 is -0.839. The number of hydrogen-bond donors (Lipinski definition) is 1. The van der Waals surface area contributed by atoms with Gasteiger partial charge in [0.25, 0.3) is 0 Å². The van der Waals surface area contributed by atoms with Crippen LogP contribution in [0.1, 0.15) is 59.3 Å². The number of carboxylic acid groups (broad SMARTS) is 1. The molecule has 1 radical (unpaired) electrons. The summed E-state index contributed by atoms with van der Waals surface area (Å²) in [5.41, 5.74) is 0. The smallest absolute Gasteiger partial charge is 0.475 e. The second-order valence-electron chi connectivity index (χ2n) is 4.86. The summed E-state index contributed by atoms with van der Waals surface area (Å²) in [7, 11) is 0. The maximum atomic E-state index is 10.6. The Morgan fingerprint density at radius 3 is 1.30 bits per heavy atom. The topological polar surface area (TPSA) is 37.3 Å². The van der Waals surface area contributed by atoms with Crippen LogP contribution in [0.2, 0.25) is 13.3 Å². The van der Waals surface area contributed by atoms with Gasteiger partial charge in [-0.3, -0.25) is 0 Å². The van der Waals surface area contributed by atoms with Gasteiger partial charge in [-0.2, -0.15) is 13.2 Å². The van der Waals surface area contributed by atoms with Crippen molar-refractivity contribution >= 4 is 25.7 Å². The molecule has 0 spiro atoms. The predicted molar refractivity (Wildman–Crippen MR) is 78.6 cm³/mol. The van der Waals surface area contributed by atoms with Gasteiger partial charge in [-0.25, -0.2) is 4.79 Å². The molecule has 0 saturated heterocycles. The fourth-order valence-electron chi connectivity index (χ4n) is 1.66. The summed E-state index contributed by atoms with van der Waals surface area (Å²) in [4.78, 5) is 8.90. The third-order valence-electron chi connectivity index (χ3n) is 2.89. The van der Waals surface area contributed by atoms with Crippen molar-refractivity contribution in [1.29, 1.82) is 0 Å². The van der Waals surface area contributed by atoms with E-state index < -0.39 is 31.9 Å². The van der Waals surface area contributed by atoms with E-state index in [0.717, 1.165) is 0 Å². The zero-order valence-corrected chi connectivity index (χ0v) is 15.7. The van der Waals surface area contributed by atoms with Crippen LogP contribution < -0.4 is 0 Å². The van der Waals surface area contributed by atoms with Gasteiger partial charge in [-0.15, -0.1) is 0 Å². The normalized spacial score (nSPS) is 11.2. The average Bonchev–Trinajstić information content (AvgIpc) is 2.37. The molecule has 20 heavy (non-hydrogen) atoms. The largest absolute Gasteiger partial charge is 0.490 e. The maximum absolute atomic E-state index is 10.6. The zero-order valence-electron chi connectivity index (χ0n) is 12.9. The van der Waals surface area contributed by atoms with Crippen molar-refractivity contribution < 1.29 is 23.1 Å². The van der Waals surface area contributed by atoms with Crippen LogP contribution in [0, 0.1) is 0 Å². The molecule has 0 aliphatic heterocycles. The van der Waals surface area contributed by atoms with Crippen LogP contribution in [0.3, 0.4) is 0 Å². The number of aliphatic carboxylic acids is 1. The molecule has 0 bridgehead atoms. The second kappa shape index (κ2) is 14.0. The molecule has 0 amide bonds. The molecule has 0 saturated carbocycles. The quantitative estimate of drug-likeness (QED) is 0.515. The van der Waals surface area contributed by atoms with Crippen LogP contribution >= 0.6 is 0 Å². The van der Waals surface area contributed by atoms with E-state index in [-0.39, 0.29) is 0 Å². The number of carboxylic acids is 1. The van der Waals surface area contributed by atoms with E-state index >= 15 is 0 Å². The number of alkyl halides is 3. The summed E-state index contributed by atoms with van der Waals surface area (Å²) in [5, 5.41) is 7.12. The molecule has 0 fully saturated rings. The third-order valence-corrected chi connectivity index (χ3v) is 12.0. The summed E-state index contributed by atoms with van der Waals surface area (Å²) in [6, 6.07) is 0. The molecule has 121 valence electrons. The van der Waals surface area contributed by atoms with Crippen LogP contribution in [0.25, 0.3) is 0 Å². The van der Waals surface area contributed by atoms with E-state index in [1.165, 1.54) is 38.5 Å². The minimum atomic E-state index is -5.08. The van der Waals surface area contributed by atoms with Gasteiger partial charge in [0.15, 0.2) is 0 Å². The van der Waals surface area contributed by atoms with Crippen LogP contribution in [0.4, 0.5) is 13.2 Å². The molecule has 6 heteroatoms. The van der Waals surface area contributed by atoms with Crippen molar-refractivity contribution in [3.05, 3.63) is 0 Å². The monoisotopic (exact) mass is 405 g/mol. The molecule has 0 heterocycles. The van der Waals surface area contributed by atoms with Gasteiger partial charge >= 0.3 is 105 Å². The number of hydrogen-bond acceptors (Lipinski definition) is 1. The average molecular weight is 404 g/mol. The van der Waals surface area contributed by atoms with Crippen molar-refractivity contribution in [3.8, 4) is 0 Å². The predicted octanol–water partition coefficient (Wildman–Crippen LogP) is 5.51. The second-order valence-corrected chi connectivity index (χ2v) is 13.4. The van der Waals surface area contributed by atoms with E-state index in [1.807, 2.05) is 0 Å². The molecule has 0 unspecified atom stereocenters. The Hall–Kier alpha value is 0.0587. The van der Waals surface area contributed by atoms with Gasteiger partial charge in [0.2, 0.25) is 0 Å². The summed E-state index contributed by atoms with van der Waals surface area (Å²) in [5.74, 6) is -2.76. The summed E-state index contributed by atoms with van der Waals surface area (Å²) in [6.45, 7) is 7.00. The molecule has 0 aliphatic rings. The number of halogens is 3. The number of carbonyl (C=O) groups is 1. The van der Waals surface area contributed by atoms with E-state index in [2.05, 4.69) is 20.8 Å². The van der Waals surface area contributed by atoms with Crippen molar-refractivity contribution in [2.75, 3.05) is 0 Å². The van der Waals surface area contributed by atoms with Crippen LogP contribution in [0.5, 0.6) is 0 Å². The standard InChI is InChI=1S/3C4H9.C2HF3O2.Sn/c3*1-3-4-2;3-2(4,5)1(6)7;/h3*1,3-4H2,2H3;(H,6,7);. The molecule has 0 aromatic heterocycles. The molecule has 0 rings (SSSR count). The van der Waals surface area contributed by atoms with Crippen LogP contribution in [-0.4, -0.2) is 37.0 Å². The van der Waals surface area contributed by atoms with Gasteiger partial charge in [-0.1, -0.05) is 0 Å². The first-order valence-corrected chi connectivity index (χ1v) is 13.5. The maximum Gasteiger partial charge on any atom is 0.490 e. The minimum absolute atomic E-state index is 0.839. The fourth-order valence-corrected chi connectivity index (χ4v) is 11.1. The number of rotatable bonds is 9. The first kappa shape index (κ1) is 22.3. The molecule has 0 aliphatic carbocycles. The van der Waals surface area contributed by atoms with E-state index in [1.54, 1.807) is 13.3 Å². The summed E-state index contributed by atoms with van der Waals surface area (Å²) in [6.07, 6.45) is 3.76. The van der Waals surface area contributed by atoms with Gasteiger partial charge in [0.1, 0.15) is 0 Å². The van der Waals surface area contributed by atoms with Gasteiger partial charge < -0.3 is 5.11 Å². The first-order chi connectivity index (χ1) is 9.29. The van der Waals surface area contributed by atoms with Crippen LogP contribution in [-0.2, 0) is 4.79 Å². The van der Waals surface area contributed by atoms with E-state index in [9.17, 15) is 13.2 Å². The molecule has 0 aromatic carbocycles. The van der Waals surface area contributed by atoms with E-state index in [4.69, 9.17) is 9.90 Å². The molecule has 0 atom stereocenters. The Bertz CT molecular complexity index is 214. The minimum Gasteiger partial charge on any atom is -0.475 e. The third kappa shape index (κ3) is 16.1. The molecule has 2 nitrogen and oxygen atoms in total. The Kier molecular flexibility index (Phi) is 15.7. The number of unbranched alkanes of at least 4 members (excludes halogenated alkanes) is 3. The zero-order chi connectivity index (χ0) is 16.0. The van der Waals surface area contributed by atoms with Crippen molar-refractivity contribution in [1.82, 2.24) is 0 Å². The molecular formula is C14H28F3O2Sn. The van der Waals surface area contributed by atoms with Crippen molar-refractivity contribution in [3.63, 3.8) is 0 Å². The Morgan fingerprint density at radius 2 is 1.15 bits per heavy atom. The fraction of sp³-hybridized carbons (Fsp3) is 0.929. The van der Waals surface area contributed by atoms with Gasteiger partial charge in [-0.05, 0) is 0 Å². The Balaban J connectivity index is 0. The van der Waals surface area contributed by atoms with Gasteiger partial charge in [0, 0.05) is 0 Å². The molecular weight excluding hydrogens is 376 g/mol. The van der Waals surface area contributed by atoms with Crippen molar-refractivity contribution in [2.45, 2.75) is 78.8 Å². The summed E-state index contributed by atoms with van der Waals surface area (Å²) < 4.78 is 36.8. The molecule has 1 N–H and O–H groups in total. The molecule has 0 aromatic rings. The van der Waals surface area contributed by atoms with E-state index in [0.29, 0.717) is 0 Å². The SMILES string of the molecule is CCC[CH2][Sn]([CH2]CCC)[CH2]CCC.O=C(O)C(F)(F)F. The van der Waals surface area contributed by atoms with Crippen molar-refractivity contribution in [2.24, 2.45) is 0 Å². The van der Waals surface area contributed by atoms with Gasteiger partial charge in [0.05, 0.1) is 0 Å². The Labute approximate surface area is 127 Å². The Morgan fingerprint density at radius 1 is 0.900 bits per heavy atom.